The standard InChI is InChI=1S/C18H17NO5S/c20-18(21)10-13-11-19(16-4-2-1-3-15(13)16)25(22,23)14-5-6-17-12(9-14)7-8-24-17/h1-6,9,13H,7-8,10-11H2,(H,20,21). The molecule has 130 valence electrons. The number of hydrogen-bond acceptors (Lipinski definition) is 4. The van der Waals surface area contributed by atoms with Crippen molar-refractivity contribution in [2.24, 2.45) is 0 Å². The Morgan fingerprint density at radius 1 is 1.24 bits per heavy atom. The molecule has 6 nitrogen and oxygen atoms in total. The number of carboxylic acid groups (broad SMARTS) is 1. The van der Waals surface area contributed by atoms with Crippen molar-refractivity contribution < 1.29 is 23.1 Å². The van der Waals surface area contributed by atoms with Crippen LogP contribution in [0.1, 0.15) is 23.5 Å². The fourth-order valence-electron chi connectivity index (χ4n) is 3.52. The van der Waals surface area contributed by atoms with E-state index in [0.717, 1.165) is 16.9 Å². The molecule has 2 aliphatic rings. The minimum Gasteiger partial charge on any atom is -0.493 e. The number of sulfonamides is 1. The quantitative estimate of drug-likeness (QED) is 0.906. The Hall–Kier alpha value is -2.54. The second-order valence-electron chi connectivity index (χ2n) is 6.26. The van der Waals surface area contributed by atoms with E-state index < -0.39 is 16.0 Å². The third kappa shape index (κ3) is 2.64. The molecule has 0 aliphatic carbocycles. The zero-order valence-electron chi connectivity index (χ0n) is 13.4. The summed E-state index contributed by atoms with van der Waals surface area (Å²) in [5, 5.41) is 9.13. The molecule has 0 bridgehead atoms. The number of aliphatic carboxylic acids is 1. The highest BCUT2D eigenvalue weighted by molar-refractivity contribution is 7.92. The van der Waals surface area contributed by atoms with Crippen LogP contribution >= 0.6 is 0 Å². The first-order chi connectivity index (χ1) is 12.0. The molecule has 7 heteroatoms. The summed E-state index contributed by atoms with van der Waals surface area (Å²) in [6, 6.07) is 12.0. The van der Waals surface area contributed by atoms with E-state index in [1.165, 1.54) is 4.31 Å². The monoisotopic (exact) mass is 359 g/mol. The lowest BCUT2D eigenvalue weighted by Crippen LogP contribution is -2.30. The molecular formula is C18H17NO5S. The lowest BCUT2D eigenvalue weighted by atomic mass is 9.98. The smallest absolute Gasteiger partial charge is 0.304 e. The SMILES string of the molecule is O=C(O)CC1CN(S(=O)(=O)c2ccc3c(c2)CCO3)c2ccccc21. The number of carbonyl (C=O) groups is 1. The predicted molar refractivity (Wildman–Crippen MR) is 91.6 cm³/mol. The van der Waals surface area contributed by atoms with Crippen molar-refractivity contribution in [1.82, 2.24) is 0 Å². The molecule has 2 aromatic rings. The van der Waals surface area contributed by atoms with Crippen molar-refractivity contribution in [3.05, 3.63) is 53.6 Å². The minimum atomic E-state index is -3.76. The molecule has 25 heavy (non-hydrogen) atoms. The van der Waals surface area contributed by atoms with Crippen LogP contribution in [0.2, 0.25) is 0 Å². The molecule has 1 unspecified atom stereocenters. The summed E-state index contributed by atoms with van der Waals surface area (Å²) in [4.78, 5) is 11.3. The molecule has 2 heterocycles. The first kappa shape index (κ1) is 16.0. The van der Waals surface area contributed by atoms with Crippen molar-refractivity contribution in [2.45, 2.75) is 23.7 Å². The maximum Gasteiger partial charge on any atom is 0.304 e. The second kappa shape index (κ2) is 5.77. The van der Waals surface area contributed by atoms with Gasteiger partial charge in [0.2, 0.25) is 0 Å². The lowest BCUT2D eigenvalue weighted by molar-refractivity contribution is -0.137. The third-order valence-electron chi connectivity index (χ3n) is 4.70. The van der Waals surface area contributed by atoms with Gasteiger partial charge < -0.3 is 9.84 Å². The van der Waals surface area contributed by atoms with Gasteiger partial charge in [-0.05, 0) is 35.4 Å². The van der Waals surface area contributed by atoms with Gasteiger partial charge in [0.1, 0.15) is 5.75 Å². The largest absolute Gasteiger partial charge is 0.493 e. The zero-order chi connectivity index (χ0) is 17.6. The number of para-hydroxylation sites is 1. The lowest BCUT2D eigenvalue weighted by Gasteiger charge is -2.20. The molecular weight excluding hydrogens is 342 g/mol. The predicted octanol–water partition coefficient (Wildman–Crippen LogP) is 2.39. The van der Waals surface area contributed by atoms with Crippen LogP contribution in [-0.2, 0) is 21.2 Å². The van der Waals surface area contributed by atoms with Crippen molar-refractivity contribution in [1.29, 1.82) is 0 Å². The molecule has 0 saturated heterocycles. The Morgan fingerprint density at radius 2 is 2.04 bits per heavy atom. The number of carboxylic acids is 1. The average molecular weight is 359 g/mol. The van der Waals surface area contributed by atoms with Crippen molar-refractivity contribution in [2.75, 3.05) is 17.5 Å². The molecule has 0 spiro atoms. The number of hydrogen-bond donors (Lipinski definition) is 1. The van der Waals surface area contributed by atoms with Gasteiger partial charge in [-0.15, -0.1) is 0 Å². The van der Waals surface area contributed by atoms with Crippen molar-refractivity contribution in [3.8, 4) is 5.75 Å². The number of rotatable bonds is 4. The normalized spacial score (nSPS) is 18.6. The van der Waals surface area contributed by atoms with E-state index in [1.54, 1.807) is 42.5 Å². The highest BCUT2D eigenvalue weighted by Crippen LogP contribution is 2.41. The van der Waals surface area contributed by atoms with E-state index in [4.69, 9.17) is 9.84 Å². The summed E-state index contributed by atoms with van der Waals surface area (Å²) in [6.07, 6.45) is 0.595. The number of ether oxygens (including phenoxy) is 1. The molecule has 1 atom stereocenters. The van der Waals surface area contributed by atoms with Crippen LogP contribution in [0.25, 0.3) is 0 Å². The molecule has 2 aliphatic heterocycles. The molecule has 2 aromatic carbocycles. The summed E-state index contributed by atoms with van der Waals surface area (Å²) in [5.74, 6) is -0.556. The molecule has 0 radical (unpaired) electrons. The fourth-order valence-corrected chi connectivity index (χ4v) is 5.11. The summed E-state index contributed by atoms with van der Waals surface area (Å²) in [7, 11) is -3.76. The van der Waals surface area contributed by atoms with E-state index in [0.29, 0.717) is 18.7 Å². The summed E-state index contributed by atoms with van der Waals surface area (Å²) >= 11 is 0. The Morgan fingerprint density at radius 3 is 2.84 bits per heavy atom. The first-order valence-electron chi connectivity index (χ1n) is 8.06. The average Bonchev–Trinajstić information content (AvgIpc) is 3.19. The Bertz CT molecular complexity index is 954. The van der Waals surface area contributed by atoms with Crippen LogP contribution in [0.5, 0.6) is 5.75 Å². The maximum atomic E-state index is 13.2. The molecule has 0 saturated carbocycles. The van der Waals surface area contributed by atoms with Crippen LogP contribution in [0.4, 0.5) is 5.69 Å². The second-order valence-corrected chi connectivity index (χ2v) is 8.12. The highest BCUT2D eigenvalue weighted by Gasteiger charge is 2.37. The molecule has 0 aromatic heterocycles. The van der Waals surface area contributed by atoms with Gasteiger partial charge in [-0.2, -0.15) is 0 Å². The first-order valence-corrected chi connectivity index (χ1v) is 9.50. The van der Waals surface area contributed by atoms with Crippen LogP contribution < -0.4 is 9.04 Å². The van der Waals surface area contributed by atoms with Gasteiger partial charge in [-0.3, -0.25) is 9.10 Å². The van der Waals surface area contributed by atoms with Crippen LogP contribution in [0.15, 0.2) is 47.4 Å². The Labute approximate surface area is 145 Å². The Kier molecular flexibility index (Phi) is 3.68. The summed E-state index contributed by atoms with van der Waals surface area (Å²) < 4.78 is 33.1. The molecule has 0 amide bonds. The van der Waals surface area contributed by atoms with E-state index in [2.05, 4.69) is 0 Å². The summed E-state index contributed by atoms with van der Waals surface area (Å²) in [5.41, 5.74) is 2.21. The third-order valence-corrected chi connectivity index (χ3v) is 6.48. The van der Waals surface area contributed by atoms with E-state index >= 15 is 0 Å². The molecule has 0 fully saturated rings. The molecule has 4 rings (SSSR count). The van der Waals surface area contributed by atoms with Gasteiger partial charge in [0.05, 0.1) is 23.6 Å². The summed E-state index contributed by atoms with van der Waals surface area (Å²) in [6.45, 7) is 0.702. The number of nitrogens with zero attached hydrogens (tertiary/aromatic N) is 1. The number of fused-ring (bicyclic) bond motifs is 2. The number of benzene rings is 2. The van der Waals surface area contributed by atoms with E-state index in [9.17, 15) is 13.2 Å². The Balaban J connectivity index is 1.75. The topological polar surface area (TPSA) is 83.9 Å². The van der Waals surface area contributed by atoms with Gasteiger partial charge in [0.25, 0.3) is 10.0 Å². The fraction of sp³-hybridized carbons (Fsp3) is 0.278. The molecule has 1 N–H and O–H groups in total. The van der Waals surface area contributed by atoms with Gasteiger partial charge in [-0.1, -0.05) is 18.2 Å². The van der Waals surface area contributed by atoms with Gasteiger partial charge in [0.15, 0.2) is 0 Å². The van der Waals surface area contributed by atoms with Gasteiger partial charge >= 0.3 is 5.97 Å². The van der Waals surface area contributed by atoms with Crippen LogP contribution in [0, 0.1) is 0 Å². The van der Waals surface area contributed by atoms with Crippen molar-refractivity contribution in [3.63, 3.8) is 0 Å². The van der Waals surface area contributed by atoms with Crippen molar-refractivity contribution >= 4 is 21.7 Å². The van der Waals surface area contributed by atoms with E-state index in [-0.39, 0.29) is 23.8 Å². The van der Waals surface area contributed by atoms with Crippen LogP contribution in [0.3, 0.4) is 0 Å². The van der Waals surface area contributed by atoms with E-state index in [1.807, 2.05) is 0 Å². The highest BCUT2D eigenvalue weighted by atomic mass is 32.2. The van der Waals surface area contributed by atoms with Gasteiger partial charge in [-0.25, -0.2) is 8.42 Å². The number of anilines is 1. The zero-order valence-corrected chi connectivity index (χ0v) is 14.2. The van der Waals surface area contributed by atoms with Crippen LogP contribution in [-0.4, -0.2) is 32.6 Å². The minimum absolute atomic E-state index is 0.0962. The van der Waals surface area contributed by atoms with Gasteiger partial charge in [0, 0.05) is 18.9 Å². The maximum absolute atomic E-state index is 13.2.